The number of para-hydroxylation sites is 1. The van der Waals surface area contributed by atoms with E-state index in [-0.39, 0.29) is 30.1 Å². The number of carbonyl (C=O) groups excluding carboxylic acids is 2. The number of hydrogen-bond acceptors (Lipinski definition) is 4. The van der Waals surface area contributed by atoms with Crippen LogP contribution in [-0.4, -0.2) is 63.5 Å². The predicted molar refractivity (Wildman–Crippen MR) is 108 cm³/mol. The number of amides is 1. The first-order chi connectivity index (χ1) is 13.9. The van der Waals surface area contributed by atoms with Gasteiger partial charge in [0, 0.05) is 43.7 Å². The summed E-state index contributed by atoms with van der Waals surface area (Å²) in [5.41, 5.74) is 1.88. The highest BCUT2D eigenvalue weighted by Gasteiger charge is 2.31. The molecule has 0 unspecified atom stereocenters. The summed E-state index contributed by atoms with van der Waals surface area (Å²) < 4.78 is 14.8. The Balaban J connectivity index is 1.44. The minimum Gasteiger partial charge on any atom is -0.332 e. The SMILES string of the molecule is C[C@H]1CN(CC(=O)c2ccc(F)cc2)CCN1C(=O)c1nn(C)c2ccccc12. The van der Waals surface area contributed by atoms with Crippen LogP contribution >= 0.6 is 0 Å². The zero-order valence-corrected chi connectivity index (χ0v) is 16.5. The molecular weight excluding hydrogens is 371 g/mol. The lowest BCUT2D eigenvalue weighted by atomic mass is 10.1. The Kier molecular flexibility index (Phi) is 5.15. The summed E-state index contributed by atoms with van der Waals surface area (Å²) in [7, 11) is 1.83. The molecule has 4 rings (SSSR count). The summed E-state index contributed by atoms with van der Waals surface area (Å²) in [6, 6.07) is 13.3. The molecular formula is C22H23FN4O2. The Morgan fingerprint density at radius 1 is 1.10 bits per heavy atom. The second-order valence-corrected chi connectivity index (χ2v) is 7.50. The topological polar surface area (TPSA) is 58.4 Å². The second-order valence-electron chi connectivity index (χ2n) is 7.50. The van der Waals surface area contributed by atoms with Gasteiger partial charge >= 0.3 is 0 Å². The summed E-state index contributed by atoms with van der Waals surface area (Å²) >= 11 is 0. The Bertz CT molecular complexity index is 1060. The molecule has 1 atom stereocenters. The van der Waals surface area contributed by atoms with E-state index in [1.807, 2.05) is 48.0 Å². The fourth-order valence-electron chi connectivity index (χ4n) is 3.92. The average molecular weight is 394 g/mol. The fraction of sp³-hybridized carbons (Fsp3) is 0.318. The molecule has 7 heteroatoms. The first-order valence-corrected chi connectivity index (χ1v) is 9.68. The van der Waals surface area contributed by atoms with E-state index in [0.717, 1.165) is 10.9 Å². The van der Waals surface area contributed by atoms with Gasteiger partial charge in [0.25, 0.3) is 5.91 Å². The van der Waals surface area contributed by atoms with E-state index in [4.69, 9.17) is 0 Å². The lowest BCUT2D eigenvalue weighted by Crippen LogP contribution is -2.54. The van der Waals surface area contributed by atoms with Gasteiger partial charge < -0.3 is 4.90 Å². The number of aryl methyl sites for hydroxylation is 1. The zero-order valence-electron chi connectivity index (χ0n) is 16.5. The van der Waals surface area contributed by atoms with Gasteiger partial charge in [0.05, 0.1) is 12.1 Å². The van der Waals surface area contributed by atoms with Gasteiger partial charge in [0.1, 0.15) is 5.82 Å². The molecule has 1 aliphatic heterocycles. The highest BCUT2D eigenvalue weighted by molar-refractivity contribution is 6.05. The number of piperazine rings is 1. The molecule has 6 nitrogen and oxygen atoms in total. The van der Waals surface area contributed by atoms with E-state index in [1.54, 1.807) is 4.68 Å². The summed E-state index contributed by atoms with van der Waals surface area (Å²) in [5, 5.41) is 5.29. The van der Waals surface area contributed by atoms with Crippen LogP contribution in [0.3, 0.4) is 0 Å². The maximum Gasteiger partial charge on any atom is 0.275 e. The number of halogens is 1. The first kappa shape index (κ1) is 19.3. The quantitative estimate of drug-likeness (QED) is 0.639. The van der Waals surface area contributed by atoms with Crippen molar-refractivity contribution in [2.45, 2.75) is 13.0 Å². The van der Waals surface area contributed by atoms with Crippen molar-refractivity contribution in [3.05, 3.63) is 65.6 Å². The molecule has 2 aromatic carbocycles. The number of carbonyl (C=O) groups is 2. The molecule has 0 bridgehead atoms. The van der Waals surface area contributed by atoms with Crippen molar-refractivity contribution in [3.8, 4) is 0 Å². The summed E-state index contributed by atoms with van der Waals surface area (Å²) in [6.07, 6.45) is 0. The highest BCUT2D eigenvalue weighted by Crippen LogP contribution is 2.21. The number of fused-ring (bicyclic) bond motifs is 1. The van der Waals surface area contributed by atoms with Crippen LogP contribution in [0.4, 0.5) is 4.39 Å². The number of Topliss-reactive ketones (excluding diaryl/α,β-unsaturated/α-hetero) is 1. The van der Waals surface area contributed by atoms with Crippen molar-refractivity contribution < 1.29 is 14.0 Å². The number of hydrogen-bond donors (Lipinski definition) is 0. The minimum absolute atomic E-state index is 0.0435. The monoisotopic (exact) mass is 394 g/mol. The van der Waals surface area contributed by atoms with Gasteiger partial charge in [-0.2, -0.15) is 5.10 Å². The van der Waals surface area contributed by atoms with Gasteiger partial charge in [-0.1, -0.05) is 18.2 Å². The molecule has 0 saturated carbocycles. The Hall–Kier alpha value is -3.06. The van der Waals surface area contributed by atoms with Gasteiger partial charge in [0.2, 0.25) is 0 Å². The third-order valence-corrected chi connectivity index (χ3v) is 5.47. The van der Waals surface area contributed by atoms with Crippen molar-refractivity contribution in [2.75, 3.05) is 26.2 Å². The minimum atomic E-state index is -0.357. The number of aromatic nitrogens is 2. The maximum atomic E-state index is 13.1. The standard InChI is InChI=1S/C22H23FN4O2/c1-15-13-26(14-20(28)16-7-9-17(23)10-8-16)11-12-27(15)22(29)21-18-5-3-4-6-19(18)25(2)24-21/h3-10,15H,11-14H2,1-2H3/t15-/m0/s1. The maximum absolute atomic E-state index is 13.1. The number of ketones is 1. The van der Waals surface area contributed by atoms with Crippen LogP contribution in [0, 0.1) is 5.82 Å². The lowest BCUT2D eigenvalue weighted by Gasteiger charge is -2.39. The molecule has 1 aromatic heterocycles. The third-order valence-electron chi connectivity index (χ3n) is 5.47. The van der Waals surface area contributed by atoms with Crippen molar-refractivity contribution in [1.82, 2.24) is 19.6 Å². The molecule has 1 aliphatic rings. The van der Waals surface area contributed by atoms with E-state index < -0.39 is 0 Å². The molecule has 1 saturated heterocycles. The molecule has 0 spiro atoms. The van der Waals surface area contributed by atoms with Crippen LogP contribution < -0.4 is 0 Å². The lowest BCUT2D eigenvalue weighted by molar-refractivity contribution is 0.0479. The van der Waals surface area contributed by atoms with Gasteiger partial charge in [-0.15, -0.1) is 0 Å². The average Bonchev–Trinajstić information content (AvgIpc) is 3.05. The summed E-state index contributed by atoms with van der Waals surface area (Å²) in [6.45, 7) is 3.97. The smallest absolute Gasteiger partial charge is 0.275 e. The number of benzene rings is 2. The molecule has 3 aromatic rings. The van der Waals surface area contributed by atoms with Crippen molar-refractivity contribution in [1.29, 1.82) is 0 Å². The molecule has 1 fully saturated rings. The molecule has 1 amide bonds. The van der Waals surface area contributed by atoms with Crippen LogP contribution in [0.5, 0.6) is 0 Å². The molecule has 150 valence electrons. The van der Waals surface area contributed by atoms with Crippen molar-refractivity contribution in [2.24, 2.45) is 7.05 Å². The largest absolute Gasteiger partial charge is 0.332 e. The zero-order chi connectivity index (χ0) is 20.5. The van der Waals surface area contributed by atoms with E-state index in [9.17, 15) is 14.0 Å². The Morgan fingerprint density at radius 2 is 1.83 bits per heavy atom. The molecule has 0 radical (unpaired) electrons. The summed E-state index contributed by atoms with van der Waals surface area (Å²) in [5.74, 6) is -0.490. The fourth-order valence-corrected chi connectivity index (χ4v) is 3.92. The predicted octanol–water partition coefficient (Wildman–Crippen LogP) is 2.74. The van der Waals surface area contributed by atoms with Crippen molar-refractivity contribution >= 4 is 22.6 Å². The van der Waals surface area contributed by atoms with Gasteiger partial charge in [-0.05, 0) is 37.3 Å². The Morgan fingerprint density at radius 3 is 2.55 bits per heavy atom. The first-order valence-electron chi connectivity index (χ1n) is 9.68. The molecule has 0 aliphatic carbocycles. The van der Waals surface area contributed by atoms with Crippen LogP contribution in [0.1, 0.15) is 27.8 Å². The molecule has 29 heavy (non-hydrogen) atoms. The van der Waals surface area contributed by atoms with Gasteiger partial charge in [0.15, 0.2) is 11.5 Å². The van der Waals surface area contributed by atoms with Gasteiger partial charge in [-0.25, -0.2) is 4.39 Å². The Labute approximate surface area is 168 Å². The van der Waals surface area contributed by atoms with Crippen LogP contribution in [0.15, 0.2) is 48.5 Å². The van der Waals surface area contributed by atoms with Crippen LogP contribution in [-0.2, 0) is 7.05 Å². The van der Waals surface area contributed by atoms with Crippen LogP contribution in [0.25, 0.3) is 10.9 Å². The normalized spacial score (nSPS) is 17.6. The summed E-state index contributed by atoms with van der Waals surface area (Å²) in [4.78, 5) is 29.5. The third kappa shape index (κ3) is 3.78. The van der Waals surface area contributed by atoms with Gasteiger partial charge in [-0.3, -0.25) is 19.2 Å². The van der Waals surface area contributed by atoms with Crippen molar-refractivity contribution in [3.63, 3.8) is 0 Å². The van der Waals surface area contributed by atoms with E-state index in [0.29, 0.717) is 30.9 Å². The number of rotatable bonds is 4. The number of nitrogens with zero attached hydrogens (tertiary/aromatic N) is 4. The van der Waals surface area contributed by atoms with E-state index >= 15 is 0 Å². The molecule has 2 heterocycles. The van der Waals surface area contributed by atoms with E-state index in [1.165, 1.54) is 24.3 Å². The van der Waals surface area contributed by atoms with Crippen LogP contribution in [0.2, 0.25) is 0 Å². The molecule has 0 N–H and O–H groups in total. The van der Waals surface area contributed by atoms with E-state index in [2.05, 4.69) is 5.10 Å². The second kappa shape index (κ2) is 7.75. The highest BCUT2D eigenvalue weighted by atomic mass is 19.1.